The van der Waals surface area contributed by atoms with Gasteiger partial charge in [0.25, 0.3) is 0 Å². The molecule has 0 aromatic carbocycles. The number of aliphatic hydroxyl groups excluding tert-OH is 1. The molecule has 1 aromatic rings. The maximum Gasteiger partial charge on any atom is 0.0982 e. The first-order chi connectivity index (χ1) is 8.49. The summed E-state index contributed by atoms with van der Waals surface area (Å²) in [5.74, 6) is 0.516. The summed E-state index contributed by atoms with van der Waals surface area (Å²) < 4.78 is 0. The first-order valence-corrected chi connectivity index (χ1v) is 7.65. The molecule has 1 aliphatic rings. The lowest BCUT2D eigenvalue weighted by Crippen LogP contribution is -2.34. The number of nitrogens with zero attached hydrogens (tertiary/aromatic N) is 2. The van der Waals surface area contributed by atoms with Crippen molar-refractivity contribution in [1.82, 2.24) is 9.88 Å². The average Bonchev–Trinajstić information content (AvgIpc) is 2.78. The Balaban J connectivity index is 1.89. The highest BCUT2D eigenvalue weighted by Crippen LogP contribution is 2.26. The van der Waals surface area contributed by atoms with Crippen LogP contribution in [0, 0.1) is 5.92 Å². The molecule has 1 aromatic heterocycles. The fourth-order valence-electron chi connectivity index (χ4n) is 2.28. The minimum absolute atomic E-state index is 0.160. The van der Waals surface area contributed by atoms with E-state index in [1.807, 2.05) is 0 Å². The number of thiazole rings is 1. The van der Waals surface area contributed by atoms with Crippen LogP contribution in [-0.4, -0.2) is 34.7 Å². The Labute approximate surface area is 114 Å². The SMILES string of the molecule is CC(C)(C)c1nc(CN2CCC(CO)CC2)cs1. The molecule has 0 saturated carbocycles. The van der Waals surface area contributed by atoms with Gasteiger partial charge in [-0.3, -0.25) is 4.90 Å². The summed E-state index contributed by atoms with van der Waals surface area (Å²) in [7, 11) is 0. The van der Waals surface area contributed by atoms with Crippen molar-refractivity contribution in [3.8, 4) is 0 Å². The monoisotopic (exact) mass is 268 g/mol. The van der Waals surface area contributed by atoms with Gasteiger partial charge in [0.05, 0.1) is 10.7 Å². The zero-order valence-electron chi connectivity index (χ0n) is 11.6. The van der Waals surface area contributed by atoms with Crippen LogP contribution in [0.15, 0.2) is 5.38 Å². The van der Waals surface area contributed by atoms with Crippen LogP contribution in [0.3, 0.4) is 0 Å². The Morgan fingerprint density at radius 2 is 2.06 bits per heavy atom. The van der Waals surface area contributed by atoms with Gasteiger partial charge in [0.1, 0.15) is 0 Å². The van der Waals surface area contributed by atoms with E-state index >= 15 is 0 Å². The van der Waals surface area contributed by atoms with Gasteiger partial charge in [-0.1, -0.05) is 20.8 Å². The van der Waals surface area contributed by atoms with Gasteiger partial charge < -0.3 is 5.11 Å². The van der Waals surface area contributed by atoms with E-state index in [1.54, 1.807) is 11.3 Å². The number of likely N-dealkylation sites (tertiary alicyclic amines) is 1. The minimum Gasteiger partial charge on any atom is -0.396 e. The van der Waals surface area contributed by atoms with Gasteiger partial charge in [-0.25, -0.2) is 4.98 Å². The topological polar surface area (TPSA) is 36.4 Å². The summed E-state index contributed by atoms with van der Waals surface area (Å²) in [5, 5.41) is 12.5. The van der Waals surface area contributed by atoms with Crippen LogP contribution in [0.5, 0.6) is 0 Å². The van der Waals surface area contributed by atoms with Crippen LogP contribution in [0.25, 0.3) is 0 Å². The smallest absolute Gasteiger partial charge is 0.0982 e. The molecule has 0 bridgehead atoms. The summed E-state index contributed by atoms with van der Waals surface area (Å²) in [4.78, 5) is 7.19. The number of aromatic nitrogens is 1. The average molecular weight is 268 g/mol. The summed E-state index contributed by atoms with van der Waals surface area (Å²) in [6.07, 6.45) is 2.24. The molecule has 18 heavy (non-hydrogen) atoms. The number of hydrogen-bond acceptors (Lipinski definition) is 4. The van der Waals surface area contributed by atoms with Crippen molar-refractivity contribution in [2.75, 3.05) is 19.7 Å². The third-order valence-electron chi connectivity index (χ3n) is 3.54. The summed E-state index contributed by atoms with van der Waals surface area (Å²) >= 11 is 1.77. The van der Waals surface area contributed by atoms with Crippen molar-refractivity contribution in [3.05, 3.63) is 16.1 Å². The molecule has 0 atom stereocenters. The van der Waals surface area contributed by atoms with Gasteiger partial charge in [-0.05, 0) is 31.8 Å². The highest BCUT2D eigenvalue weighted by atomic mass is 32.1. The Hall–Kier alpha value is -0.450. The normalized spacial score (nSPS) is 19.3. The summed E-state index contributed by atoms with van der Waals surface area (Å²) in [5.41, 5.74) is 1.36. The molecule has 3 nitrogen and oxygen atoms in total. The van der Waals surface area contributed by atoms with Crippen LogP contribution in [0.1, 0.15) is 44.3 Å². The number of piperidine rings is 1. The van der Waals surface area contributed by atoms with Crippen molar-refractivity contribution in [2.24, 2.45) is 5.92 Å². The minimum atomic E-state index is 0.160. The Bertz CT molecular complexity index is 375. The second-order valence-corrected chi connectivity index (χ2v) is 7.15. The van der Waals surface area contributed by atoms with Crippen molar-refractivity contribution in [1.29, 1.82) is 0 Å². The lowest BCUT2D eigenvalue weighted by Gasteiger charge is -2.30. The predicted octanol–water partition coefficient (Wildman–Crippen LogP) is 2.64. The maximum atomic E-state index is 9.13. The fraction of sp³-hybridized carbons (Fsp3) is 0.786. The Morgan fingerprint density at radius 3 is 2.56 bits per heavy atom. The van der Waals surface area contributed by atoms with Crippen LogP contribution < -0.4 is 0 Å². The largest absolute Gasteiger partial charge is 0.396 e. The van der Waals surface area contributed by atoms with Gasteiger partial charge in [-0.15, -0.1) is 11.3 Å². The zero-order chi connectivity index (χ0) is 13.2. The Morgan fingerprint density at radius 1 is 1.39 bits per heavy atom. The van der Waals surface area contributed by atoms with E-state index in [2.05, 4.69) is 31.1 Å². The second-order valence-electron chi connectivity index (χ2n) is 6.30. The highest BCUT2D eigenvalue weighted by molar-refractivity contribution is 7.09. The third-order valence-corrected chi connectivity index (χ3v) is 4.86. The van der Waals surface area contributed by atoms with Gasteiger partial charge >= 0.3 is 0 Å². The zero-order valence-corrected chi connectivity index (χ0v) is 12.5. The molecule has 0 spiro atoms. The van der Waals surface area contributed by atoms with E-state index < -0.39 is 0 Å². The lowest BCUT2D eigenvalue weighted by atomic mass is 9.97. The maximum absolute atomic E-state index is 9.13. The van der Waals surface area contributed by atoms with E-state index in [9.17, 15) is 0 Å². The number of hydrogen-bond donors (Lipinski definition) is 1. The molecule has 2 rings (SSSR count). The van der Waals surface area contributed by atoms with E-state index in [0.29, 0.717) is 12.5 Å². The predicted molar refractivity (Wildman–Crippen MR) is 75.9 cm³/mol. The number of aliphatic hydroxyl groups is 1. The molecule has 1 fully saturated rings. The molecular formula is C14H24N2OS. The van der Waals surface area contributed by atoms with Crippen molar-refractivity contribution < 1.29 is 5.11 Å². The van der Waals surface area contributed by atoms with E-state index in [0.717, 1.165) is 32.5 Å². The second kappa shape index (κ2) is 5.68. The first-order valence-electron chi connectivity index (χ1n) is 6.77. The molecule has 1 N–H and O–H groups in total. The van der Waals surface area contributed by atoms with Crippen LogP contribution in [0.2, 0.25) is 0 Å². The molecule has 102 valence electrons. The van der Waals surface area contributed by atoms with Gasteiger partial charge in [0.15, 0.2) is 0 Å². The number of rotatable bonds is 3. The van der Waals surface area contributed by atoms with E-state index in [-0.39, 0.29) is 5.41 Å². The molecule has 4 heteroatoms. The van der Waals surface area contributed by atoms with Crippen molar-refractivity contribution >= 4 is 11.3 Å². The molecule has 1 saturated heterocycles. The molecule has 0 amide bonds. The summed E-state index contributed by atoms with van der Waals surface area (Å²) in [6, 6.07) is 0. The molecule has 0 unspecified atom stereocenters. The summed E-state index contributed by atoms with van der Waals surface area (Å²) in [6.45, 7) is 10.1. The standard InChI is InChI=1S/C14H24N2OS/c1-14(2,3)13-15-12(10-18-13)8-16-6-4-11(9-17)5-7-16/h10-11,17H,4-9H2,1-3H3. The molecule has 0 aliphatic carbocycles. The van der Waals surface area contributed by atoms with Crippen LogP contribution >= 0.6 is 11.3 Å². The van der Waals surface area contributed by atoms with Crippen LogP contribution in [0.4, 0.5) is 0 Å². The van der Waals surface area contributed by atoms with Gasteiger partial charge in [-0.2, -0.15) is 0 Å². The van der Waals surface area contributed by atoms with Crippen molar-refractivity contribution in [2.45, 2.75) is 45.6 Å². The lowest BCUT2D eigenvalue weighted by molar-refractivity contribution is 0.126. The van der Waals surface area contributed by atoms with Gasteiger partial charge in [0.2, 0.25) is 0 Å². The first kappa shape index (κ1) is 14.0. The van der Waals surface area contributed by atoms with Crippen molar-refractivity contribution in [3.63, 3.8) is 0 Å². The quantitative estimate of drug-likeness (QED) is 0.915. The molecule has 2 heterocycles. The van der Waals surface area contributed by atoms with Gasteiger partial charge in [0, 0.05) is 23.9 Å². The molecule has 0 radical (unpaired) electrons. The van der Waals surface area contributed by atoms with Crippen LogP contribution in [-0.2, 0) is 12.0 Å². The molecular weight excluding hydrogens is 244 g/mol. The Kier molecular flexibility index (Phi) is 4.41. The highest BCUT2D eigenvalue weighted by Gasteiger charge is 2.21. The molecule has 1 aliphatic heterocycles. The van der Waals surface area contributed by atoms with E-state index in [4.69, 9.17) is 10.1 Å². The third kappa shape index (κ3) is 3.53. The van der Waals surface area contributed by atoms with E-state index in [1.165, 1.54) is 10.7 Å². The fourth-order valence-corrected chi connectivity index (χ4v) is 3.18.